The zero-order chi connectivity index (χ0) is 51.7. The molecule has 362 valence electrons. The summed E-state index contributed by atoms with van der Waals surface area (Å²) >= 11 is 0. The summed E-state index contributed by atoms with van der Waals surface area (Å²) in [6, 6.07) is 69.5. The van der Waals surface area contributed by atoms with Crippen LogP contribution in [0.25, 0.3) is 49.9 Å². The van der Waals surface area contributed by atoms with Crippen molar-refractivity contribution >= 4 is 44.6 Å². The number of anilines is 4. The fraction of sp³-hybridized carbons (Fsp3) is 0.182. The van der Waals surface area contributed by atoms with Crippen molar-refractivity contribution in [3.8, 4) is 39.6 Å². The molecule has 8 aromatic carbocycles. The molecule has 0 N–H and O–H groups in total. The Morgan fingerprint density at radius 1 is 0.528 bits per heavy atom. The molecule has 72 heavy (non-hydrogen) atoms. The largest absolute Gasteiger partial charge is 0.509 e. The molecule has 0 aliphatic carbocycles. The van der Waals surface area contributed by atoms with E-state index in [2.05, 4.69) is 199 Å². The first-order valence-corrected chi connectivity index (χ1v) is 24.4. The van der Waals surface area contributed by atoms with Crippen molar-refractivity contribution in [2.45, 2.75) is 78.5 Å². The van der Waals surface area contributed by atoms with Gasteiger partial charge in [0.1, 0.15) is 5.82 Å². The van der Waals surface area contributed by atoms with E-state index < -0.39 is 6.85 Å². The summed E-state index contributed by atoms with van der Waals surface area (Å²) in [6.45, 7) is 17.7. The Morgan fingerprint density at radius 2 is 1.15 bits per heavy atom. The molecule has 1 aliphatic heterocycles. The molecule has 0 unspecified atom stereocenters. The van der Waals surface area contributed by atoms with Crippen LogP contribution < -0.4 is 14.5 Å². The molecule has 6 heteroatoms. The number of benzene rings is 8. The number of aryl methyl sites for hydroxylation is 1. The minimum absolute atomic E-state index is 0. The number of hydrogen-bond acceptors (Lipinski definition) is 4. The molecule has 0 saturated carbocycles. The van der Waals surface area contributed by atoms with Crippen molar-refractivity contribution < 1.29 is 29.9 Å². The smallest absolute Gasteiger partial charge is 0.135 e. The number of ether oxygens (including phenoxy) is 1. The standard InChI is InChI=1S/C66H59N4O.Pt/c1-44-35-63(67-42-58(44)46-27-30-49(31-28-46)66(8,9)48-21-14-11-15-22-48)70-59-34-29-47(45-19-12-10-13-20-45)36-57(59)56-33-32-55(41-62(56)70)71-54-24-18-23-52(40-54)68-43-69(61-26-17-16-25-60(61)68)53-38-50(64(2,3)4)37-51(39-53)65(5,6)7;/h10-39,42-43H,1-9H3;/q-3;/i1D3;. The van der Waals surface area contributed by atoms with E-state index in [-0.39, 0.29) is 42.9 Å². The third-order valence-corrected chi connectivity index (χ3v) is 14.1. The van der Waals surface area contributed by atoms with Crippen molar-refractivity contribution in [3.05, 3.63) is 235 Å². The molecule has 2 aromatic heterocycles. The molecule has 0 amide bonds. The number of pyridine rings is 1. The minimum atomic E-state index is -2.44. The molecule has 3 heterocycles. The van der Waals surface area contributed by atoms with E-state index in [0.29, 0.717) is 28.4 Å². The number of fused-ring (bicyclic) bond motifs is 4. The molecule has 0 saturated heterocycles. The Labute approximate surface area is 444 Å². The van der Waals surface area contributed by atoms with Gasteiger partial charge >= 0.3 is 0 Å². The van der Waals surface area contributed by atoms with Crippen LogP contribution in [-0.2, 0) is 37.3 Å². The zero-order valence-electron chi connectivity index (χ0n) is 45.0. The number of aromatic nitrogens is 2. The Hall–Kier alpha value is -7.20. The maximum atomic E-state index is 8.84. The molecule has 0 atom stereocenters. The van der Waals surface area contributed by atoms with E-state index in [1.54, 1.807) is 12.3 Å². The summed E-state index contributed by atoms with van der Waals surface area (Å²) in [5.74, 6) is 1.46. The Bertz CT molecular complexity index is 3690. The van der Waals surface area contributed by atoms with Crippen molar-refractivity contribution in [1.29, 1.82) is 0 Å². The maximum absolute atomic E-state index is 8.84. The Balaban J connectivity index is 0.00000641. The van der Waals surface area contributed by atoms with Crippen molar-refractivity contribution in [2.75, 3.05) is 9.80 Å². The third-order valence-electron chi connectivity index (χ3n) is 14.1. The summed E-state index contributed by atoms with van der Waals surface area (Å²) in [7, 11) is 0. The number of para-hydroxylation sites is 2. The van der Waals surface area contributed by atoms with E-state index in [4.69, 9.17) is 13.8 Å². The fourth-order valence-corrected chi connectivity index (χ4v) is 9.80. The summed E-state index contributed by atoms with van der Waals surface area (Å²) in [5.41, 5.74) is 13.9. The second-order valence-corrected chi connectivity index (χ2v) is 21.3. The third kappa shape index (κ3) is 9.05. The van der Waals surface area contributed by atoms with Gasteiger partial charge in [-0.3, -0.25) is 0 Å². The average molecular weight is 1120 g/mol. The van der Waals surface area contributed by atoms with Crippen LogP contribution in [0.5, 0.6) is 11.5 Å². The van der Waals surface area contributed by atoms with Gasteiger partial charge in [0.25, 0.3) is 0 Å². The molecule has 5 nitrogen and oxygen atoms in total. The molecule has 10 aromatic rings. The maximum Gasteiger partial charge on any atom is 0.135 e. The average Bonchev–Trinajstić information content (AvgIpc) is 3.94. The van der Waals surface area contributed by atoms with Gasteiger partial charge < -0.3 is 19.1 Å². The molecule has 0 radical (unpaired) electrons. The Kier molecular flexibility index (Phi) is 11.7. The van der Waals surface area contributed by atoms with Crippen LogP contribution in [0.3, 0.4) is 0 Å². The van der Waals surface area contributed by atoms with E-state index >= 15 is 0 Å². The molecular formula is C66H59N4OPt-3. The topological polar surface area (TPSA) is 33.5 Å². The van der Waals surface area contributed by atoms with Crippen LogP contribution in [0.1, 0.15) is 87.3 Å². The second-order valence-electron chi connectivity index (χ2n) is 21.3. The fourth-order valence-electron chi connectivity index (χ4n) is 9.80. The van der Waals surface area contributed by atoms with Gasteiger partial charge in [-0.25, -0.2) is 4.98 Å². The first kappa shape index (κ1) is 44.7. The quantitative estimate of drug-likeness (QED) is 0.135. The van der Waals surface area contributed by atoms with Gasteiger partial charge in [0.15, 0.2) is 0 Å². The van der Waals surface area contributed by atoms with Crippen molar-refractivity contribution in [1.82, 2.24) is 9.55 Å². The normalized spacial score (nSPS) is 13.6. The van der Waals surface area contributed by atoms with E-state index in [9.17, 15) is 0 Å². The van der Waals surface area contributed by atoms with Crippen molar-refractivity contribution in [2.24, 2.45) is 0 Å². The number of rotatable bonds is 9. The predicted molar refractivity (Wildman–Crippen MR) is 296 cm³/mol. The van der Waals surface area contributed by atoms with Gasteiger partial charge in [-0.1, -0.05) is 176 Å². The van der Waals surface area contributed by atoms with Crippen LogP contribution in [-0.4, -0.2) is 9.55 Å². The summed E-state index contributed by atoms with van der Waals surface area (Å²) in [5, 5.41) is 1.90. The van der Waals surface area contributed by atoms with Gasteiger partial charge in [-0.05, 0) is 104 Å². The summed E-state index contributed by atoms with van der Waals surface area (Å²) in [4.78, 5) is 9.49. The zero-order valence-corrected chi connectivity index (χ0v) is 44.3. The van der Waals surface area contributed by atoms with E-state index in [0.717, 1.165) is 61.3 Å². The molecule has 0 fully saturated rings. The van der Waals surface area contributed by atoms with E-state index in [1.165, 1.54) is 16.7 Å². The van der Waals surface area contributed by atoms with Gasteiger partial charge in [0, 0.05) is 76.4 Å². The van der Waals surface area contributed by atoms with Gasteiger partial charge in [0.2, 0.25) is 0 Å². The number of hydrogen-bond donors (Lipinski definition) is 0. The monoisotopic (exact) mass is 1120 g/mol. The minimum Gasteiger partial charge on any atom is -0.509 e. The SMILES string of the molecule is [2H]C([2H])([2H])c1cc(-n2c3[c-]c(Oc4[c-]c(N5[CH-]N(c6cc(C(C)(C)C)cc(C(C)(C)C)c6)c6ccccc65)ccc4)ccc3c3cc(-c4ccccc4)ccc32)ncc1-c1ccc(C(C)(C)c2ccccc2)cc1.[Pt]. The molecule has 0 bridgehead atoms. The van der Waals surface area contributed by atoms with Crippen LogP contribution >= 0.6 is 0 Å². The van der Waals surface area contributed by atoms with Crippen LogP contribution in [0.2, 0.25) is 0 Å². The predicted octanol–water partition coefficient (Wildman–Crippen LogP) is 17.5. The first-order valence-electron chi connectivity index (χ1n) is 25.9. The molecule has 0 spiro atoms. The van der Waals surface area contributed by atoms with Gasteiger partial charge in [-0.15, -0.1) is 48.1 Å². The van der Waals surface area contributed by atoms with Gasteiger partial charge in [0.05, 0.1) is 0 Å². The first-order chi connectivity index (χ1) is 35.3. The number of nitrogens with zero attached hydrogens (tertiary/aromatic N) is 4. The van der Waals surface area contributed by atoms with E-state index in [1.807, 2.05) is 65.2 Å². The van der Waals surface area contributed by atoms with Gasteiger partial charge in [-0.2, -0.15) is 12.1 Å². The summed E-state index contributed by atoms with van der Waals surface area (Å²) in [6.07, 6.45) is 1.70. The van der Waals surface area contributed by atoms with Crippen LogP contribution in [0.15, 0.2) is 188 Å². The second kappa shape index (κ2) is 18.8. The molecular weight excluding hydrogens is 1060 g/mol. The molecule has 11 rings (SSSR count). The Morgan fingerprint density at radius 3 is 1.83 bits per heavy atom. The summed E-state index contributed by atoms with van der Waals surface area (Å²) < 4.78 is 35.2. The van der Waals surface area contributed by atoms with Crippen molar-refractivity contribution in [3.63, 3.8) is 0 Å². The van der Waals surface area contributed by atoms with Crippen LogP contribution in [0, 0.1) is 25.7 Å². The molecule has 1 aliphatic rings. The van der Waals surface area contributed by atoms with Crippen LogP contribution in [0.4, 0.5) is 22.7 Å².